The maximum Gasteiger partial charge on any atom is 0.0702 e. The van der Waals surface area contributed by atoms with Gasteiger partial charge < -0.3 is 5.73 Å². The minimum Gasteiger partial charge on any atom is -0.324 e. The first-order valence-corrected chi connectivity index (χ1v) is 5.97. The molecule has 17 heavy (non-hydrogen) atoms. The van der Waals surface area contributed by atoms with E-state index in [0.717, 1.165) is 29.3 Å². The SMILES string of the molecule is C=C(CC)CC(N)c1ccc2ncccc2c1. The molecule has 1 aromatic carbocycles. The van der Waals surface area contributed by atoms with E-state index in [-0.39, 0.29) is 6.04 Å². The fraction of sp³-hybridized carbons (Fsp3) is 0.267. The third-order valence-electron chi connectivity index (χ3n) is 3.06. The van der Waals surface area contributed by atoms with E-state index in [1.54, 1.807) is 6.20 Å². The third-order valence-corrected chi connectivity index (χ3v) is 3.06. The molecule has 0 aliphatic heterocycles. The van der Waals surface area contributed by atoms with Crippen molar-refractivity contribution >= 4 is 10.9 Å². The molecule has 2 nitrogen and oxygen atoms in total. The molecular weight excluding hydrogens is 208 g/mol. The van der Waals surface area contributed by atoms with Gasteiger partial charge in [0.25, 0.3) is 0 Å². The van der Waals surface area contributed by atoms with Gasteiger partial charge in [-0.25, -0.2) is 0 Å². The number of hydrogen-bond donors (Lipinski definition) is 1. The number of nitrogens with two attached hydrogens (primary N) is 1. The lowest BCUT2D eigenvalue weighted by Gasteiger charge is -2.13. The van der Waals surface area contributed by atoms with Crippen molar-refractivity contribution in [3.05, 3.63) is 54.2 Å². The second-order valence-electron chi connectivity index (χ2n) is 4.37. The number of aromatic nitrogens is 1. The molecule has 0 bridgehead atoms. The molecule has 0 saturated heterocycles. The van der Waals surface area contributed by atoms with Crippen LogP contribution in [0.4, 0.5) is 0 Å². The Morgan fingerprint density at radius 2 is 2.24 bits per heavy atom. The summed E-state index contributed by atoms with van der Waals surface area (Å²) in [5, 5.41) is 1.14. The molecule has 2 N–H and O–H groups in total. The third kappa shape index (κ3) is 2.71. The Morgan fingerprint density at radius 1 is 1.41 bits per heavy atom. The summed E-state index contributed by atoms with van der Waals surface area (Å²) < 4.78 is 0. The topological polar surface area (TPSA) is 38.9 Å². The lowest BCUT2D eigenvalue weighted by Crippen LogP contribution is -2.10. The molecule has 0 aliphatic rings. The van der Waals surface area contributed by atoms with Crippen LogP contribution in [-0.4, -0.2) is 4.98 Å². The van der Waals surface area contributed by atoms with E-state index < -0.39 is 0 Å². The van der Waals surface area contributed by atoms with Crippen LogP contribution in [0.15, 0.2) is 48.7 Å². The Bertz CT molecular complexity index is 531. The van der Waals surface area contributed by atoms with Crippen molar-refractivity contribution in [1.82, 2.24) is 4.98 Å². The number of hydrogen-bond acceptors (Lipinski definition) is 2. The normalized spacial score (nSPS) is 12.6. The molecule has 88 valence electrons. The molecule has 0 aliphatic carbocycles. The Balaban J connectivity index is 2.26. The van der Waals surface area contributed by atoms with Gasteiger partial charge >= 0.3 is 0 Å². The highest BCUT2D eigenvalue weighted by molar-refractivity contribution is 5.79. The van der Waals surface area contributed by atoms with Gasteiger partial charge in [0, 0.05) is 17.6 Å². The van der Waals surface area contributed by atoms with Crippen LogP contribution in [0.1, 0.15) is 31.4 Å². The van der Waals surface area contributed by atoms with Gasteiger partial charge in [0.2, 0.25) is 0 Å². The lowest BCUT2D eigenvalue weighted by atomic mass is 9.98. The van der Waals surface area contributed by atoms with Gasteiger partial charge in [-0.15, -0.1) is 0 Å². The molecule has 0 saturated carbocycles. The van der Waals surface area contributed by atoms with Crippen LogP contribution in [0, 0.1) is 0 Å². The molecule has 1 atom stereocenters. The molecule has 2 aromatic rings. The smallest absolute Gasteiger partial charge is 0.0702 e. The quantitative estimate of drug-likeness (QED) is 0.809. The molecule has 0 amide bonds. The zero-order valence-corrected chi connectivity index (χ0v) is 10.2. The lowest BCUT2D eigenvalue weighted by molar-refractivity contribution is 0.702. The molecule has 0 spiro atoms. The van der Waals surface area contributed by atoms with Crippen molar-refractivity contribution in [1.29, 1.82) is 0 Å². The maximum absolute atomic E-state index is 6.18. The minimum absolute atomic E-state index is 0.0343. The second-order valence-corrected chi connectivity index (χ2v) is 4.37. The Hall–Kier alpha value is -1.67. The van der Waals surface area contributed by atoms with Crippen molar-refractivity contribution in [2.24, 2.45) is 5.73 Å². The molecule has 1 aromatic heterocycles. The van der Waals surface area contributed by atoms with E-state index in [2.05, 4.69) is 36.7 Å². The van der Waals surface area contributed by atoms with Gasteiger partial charge in [0.05, 0.1) is 5.52 Å². The highest BCUT2D eigenvalue weighted by Crippen LogP contribution is 2.22. The van der Waals surface area contributed by atoms with E-state index in [9.17, 15) is 0 Å². The Morgan fingerprint density at radius 3 is 3.00 bits per heavy atom. The van der Waals surface area contributed by atoms with E-state index in [0.29, 0.717) is 0 Å². The molecule has 1 unspecified atom stereocenters. The van der Waals surface area contributed by atoms with E-state index >= 15 is 0 Å². The highest BCUT2D eigenvalue weighted by atomic mass is 14.7. The monoisotopic (exact) mass is 226 g/mol. The molecule has 2 rings (SSSR count). The Kier molecular flexibility index (Phi) is 3.55. The number of fused-ring (bicyclic) bond motifs is 1. The Labute approximate surface area is 102 Å². The van der Waals surface area contributed by atoms with Crippen molar-refractivity contribution in [3.63, 3.8) is 0 Å². The average Bonchev–Trinajstić information content (AvgIpc) is 2.38. The van der Waals surface area contributed by atoms with Gasteiger partial charge in [-0.2, -0.15) is 0 Å². The fourth-order valence-corrected chi connectivity index (χ4v) is 1.90. The number of benzene rings is 1. The van der Waals surface area contributed by atoms with Crippen LogP contribution in [0.3, 0.4) is 0 Å². The number of pyridine rings is 1. The van der Waals surface area contributed by atoms with E-state index in [1.165, 1.54) is 5.57 Å². The summed E-state index contributed by atoms with van der Waals surface area (Å²) in [6.07, 6.45) is 3.64. The zero-order chi connectivity index (χ0) is 12.3. The molecule has 1 heterocycles. The summed E-state index contributed by atoms with van der Waals surface area (Å²) in [6, 6.07) is 10.3. The van der Waals surface area contributed by atoms with Crippen LogP contribution in [0.2, 0.25) is 0 Å². The standard InChI is InChI=1S/C15H18N2/c1-3-11(2)9-14(16)12-6-7-15-13(10-12)5-4-8-17-15/h4-8,10,14H,2-3,9,16H2,1H3. The molecule has 2 heteroatoms. The predicted octanol–water partition coefficient (Wildman–Crippen LogP) is 3.59. The molecular formula is C15H18N2. The first kappa shape index (κ1) is 11.8. The summed E-state index contributed by atoms with van der Waals surface area (Å²) >= 11 is 0. The summed E-state index contributed by atoms with van der Waals surface area (Å²) in [4.78, 5) is 4.30. The van der Waals surface area contributed by atoms with Gasteiger partial charge in [0.1, 0.15) is 0 Å². The van der Waals surface area contributed by atoms with Gasteiger partial charge in [-0.1, -0.05) is 31.2 Å². The second kappa shape index (κ2) is 5.11. The first-order valence-electron chi connectivity index (χ1n) is 5.97. The van der Waals surface area contributed by atoms with E-state index in [1.807, 2.05) is 12.1 Å². The van der Waals surface area contributed by atoms with Gasteiger partial charge in [0.15, 0.2) is 0 Å². The van der Waals surface area contributed by atoms with Crippen molar-refractivity contribution < 1.29 is 0 Å². The fourth-order valence-electron chi connectivity index (χ4n) is 1.90. The highest BCUT2D eigenvalue weighted by Gasteiger charge is 2.07. The minimum atomic E-state index is 0.0343. The van der Waals surface area contributed by atoms with Crippen LogP contribution in [0.5, 0.6) is 0 Å². The van der Waals surface area contributed by atoms with Crippen LogP contribution in [0.25, 0.3) is 10.9 Å². The first-order chi connectivity index (χ1) is 8.20. The van der Waals surface area contributed by atoms with Crippen molar-refractivity contribution in [3.8, 4) is 0 Å². The van der Waals surface area contributed by atoms with Gasteiger partial charge in [-0.05, 0) is 36.6 Å². The summed E-state index contributed by atoms with van der Waals surface area (Å²) in [6.45, 7) is 6.12. The average molecular weight is 226 g/mol. The molecule has 0 radical (unpaired) electrons. The van der Waals surface area contributed by atoms with Crippen LogP contribution >= 0.6 is 0 Å². The number of nitrogens with zero attached hydrogens (tertiary/aromatic N) is 1. The zero-order valence-electron chi connectivity index (χ0n) is 10.2. The van der Waals surface area contributed by atoms with E-state index in [4.69, 9.17) is 5.73 Å². The van der Waals surface area contributed by atoms with Crippen LogP contribution < -0.4 is 5.73 Å². The summed E-state index contributed by atoms with van der Waals surface area (Å²) in [7, 11) is 0. The summed E-state index contributed by atoms with van der Waals surface area (Å²) in [5.41, 5.74) is 9.54. The maximum atomic E-state index is 6.18. The van der Waals surface area contributed by atoms with Crippen molar-refractivity contribution in [2.75, 3.05) is 0 Å². The number of rotatable bonds is 4. The van der Waals surface area contributed by atoms with Gasteiger partial charge in [-0.3, -0.25) is 4.98 Å². The largest absolute Gasteiger partial charge is 0.324 e. The van der Waals surface area contributed by atoms with Crippen LogP contribution in [-0.2, 0) is 0 Å². The molecule has 0 fully saturated rings. The predicted molar refractivity (Wildman–Crippen MR) is 72.7 cm³/mol. The van der Waals surface area contributed by atoms with Crippen molar-refractivity contribution in [2.45, 2.75) is 25.8 Å². The summed E-state index contributed by atoms with van der Waals surface area (Å²) in [5.74, 6) is 0.